The van der Waals surface area contributed by atoms with E-state index in [1.807, 2.05) is 0 Å². The van der Waals surface area contributed by atoms with Gasteiger partial charge >= 0.3 is 5.97 Å². The zero-order valence-corrected chi connectivity index (χ0v) is 9.01. The molecule has 88 valence electrons. The Morgan fingerprint density at radius 1 is 1.53 bits per heavy atom. The van der Waals surface area contributed by atoms with Crippen LogP contribution in [-0.4, -0.2) is 23.2 Å². The fourth-order valence-corrected chi connectivity index (χ4v) is 1.44. The molecule has 0 fully saturated rings. The van der Waals surface area contributed by atoms with E-state index in [1.54, 1.807) is 6.07 Å². The third kappa shape index (κ3) is 2.26. The molecule has 17 heavy (non-hydrogen) atoms. The fraction of sp³-hybridized carbons (Fsp3) is 0.0909. The Bertz CT molecular complexity index is 522. The van der Waals surface area contributed by atoms with Crippen LogP contribution in [0.4, 0.5) is 5.69 Å². The number of hydrogen-bond donors (Lipinski definition) is 2. The molecular formula is C11H10N2O4. The highest BCUT2D eigenvalue weighted by Gasteiger charge is 2.12. The zero-order valence-electron chi connectivity index (χ0n) is 9.01. The maximum absolute atomic E-state index is 10.9. The quantitative estimate of drug-likeness (QED) is 0.787. The minimum atomic E-state index is -1.01. The van der Waals surface area contributed by atoms with E-state index in [2.05, 4.69) is 10.5 Å². The van der Waals surface area contributed by atoms with Gasteiger partial charge in [0, 0.05) is 5.56 Å². The van der Waals surface area contributed by atoms with Gasteiger partial charge in [0.15, 0.2) is 12.2 Å². The van der Waals surface area contributed by atoms with Crippen molar-refractivity contribution in [3.05, 3.63) is 36.4 Å². The van der Waals surface area contributed by atoms with Crippen LogP contribution in [0.25, 0.3) is 11.3 Å². The van der Waals surface area contributed by atoms with Gasteiger partial charge in [0.05, 0.1) is 24.6 Å². The predicted octanol–water partition coefficient (Wildman–Crippen LogP) is 2.01. The number of carbonyl (C=O) groups is 1. The van der Waals surface area contributed by atoms with Crippen LogP contribution < -0.4 is 5.48 Å². The first kappa shape index (κ1) is 11.2. The fourth-order valence-electron chi connectivity index (χ4n) is 1.44. The molecule has 1 aromatic carbocycles. The molecule has 1 aromatic heterocycles. The molecule has 0 aliphatic rings. The molecule has 2 N–H and O–H groups in total. The van der Waals surface area contributed by atoms with Crippen LogP contribution in [0.5, 0.6) is 0 Å². The number of anilines is 1. The van der Waals surface area contributed by atoms with Crippen LogP contribution in [0, 0.1) is 0 Å². The highest BCUT2D eigenvalue weighted by atomic mass is 16.6. The number of carboxylic acid groups (broad SMARTS) is 1. The summed E-state index contributed by atoms with van der Waals surface area (Å²) < 4.78 is 5.15. The molecule has 0 radical (unpaired) electrons. The van der Waals surface area contributed by atoms with E-state index in [0.29, 0.717) is 17.0 Å². The molecule has 6 nitrogen and oxygen atoms in total. The molecule has 0 saturated heterocycles. The number of benzene rings is 1. The summed E-state index contributed by atoms with van der Waals surface area (Å²) in [6.45, 7) is 0. The lowest BCUT2D eigenvalue weighted by Crippen LogP contribution is -2.02. The normalized spacial score (nSPS) is 10.2. The average Bonchev–Trinajstić information content (AvgIpc) is 2.82. The van der Waals surface area contributed by atoms with Gasteiger partial charge in [-0.15, -0.1) is 0 Å². The third-order valence-corrected chi connectivity index (χ3v) is 2.18. The first-order valence-electron chi connectivity index (χ1n) is 4.77. The van der Waals surface area contributed by atoms with Gasteiger partial charge in [-0.3, -0.25) is 10.3 Å². The third-order valence-electron chi connectivity index (χ3n) is 2.18. The highest BCUT2D eigenvalue weighted by Crippen LogP contribution is 2.28. The molecule has 0 amide bonds. The van der Waals surface area contributed by atoms with Gasteiger partial charge in [-0.2, -0.15) is 0 Å². The molecule has 0 aliphatic carbocycles. The molecule has 0 bridgehead atoms. The van der Waals surface area contributed by atoms with Crippen molar-refractivity contribution in [2.45, 2.75) is 0 Å². The van der Waals surface area contributed by atoms with E-state index in [4.69, 9.17) is 14.4 Å². The van der Waals surface area contributed by atoms with Gasteiger partial charge in [0.2, 0.25) is 0 Å². The summed E-state index contributed by atoms with van der Waals surface area (Å²) in [5, 5.41) is 8.89. The Morgan fingerprint density at radius 2 is 2.35 bits per heavy atom. The van der Waals surface area contributed by atoms with Crippen LogP contribution in [0.3, 0.4) is 0 Å². The molecule has 0 saturated carbocycles. The first-order chi connectivity index (χ1) is 8.22. The van der Waals surface area contributed by atoms with Gasteiger partial charge in [0.25, 0.3) is 0 Å². The SMILES string of the molecule is CONc1cc(C(=O)O)ccc1-c1cnco1. The first-order valence-corrected chi connectivity index (χ1v) is 4.77. The lowest BCUT2D eigenvalue weighted by molar-refractivity contribution is 0.0697. The number of rotatable bonds is 4. The van der Waals surface area contributed by atoms with Gasteiger partial charge in [-0.1, -0.05) is 0 Å². The van der Waals surface area contributed by atoms with Gasteiger partial charge in [-0.05, 0) is 18.2 Å². The molecule has 2 rings (SSSR count). The summed E-state index contributed by atoms with van der Waals surface area (Å²) in [6.07, 6.45) is 2.84. The molecule has 6 heteroatoms. The van der Waals surface area contributed by atoms with E-state index < -0.39 is 5.97 Å². The second-order valence-electron chi connectivity index (χ2n) is 3.24. The number of nitrogens with zero attached hydrogens (tertiary/aromatic N) is 1. The van der Waals surface area contributed by atoms with Crippen LogP contribution in [0.1, 0.15) is 10.4 Å². The Balaban J connectivity index is 2.48. The zero-order chi connectivity index (χ0) is 12.3. The number of aromatic nitrogens is 1. The second kappa shape index (κ2) is 4.67. The van der Waals surface area contributed by atoms with Crippen LogP contribution in [0.15, 0.2) is 35.2 Å². The lowest BCUT2D eigenvalue weighted by atomic mass is 10.1. The minimum Gasteiger partial charge on any atom is -0.478 e. The smallest absolute Gasteiger partial charge is 0.335 e. The van der Waals surface area contributed by atoms with Crippen molar-refractivity contribution in [2.75, 3.05) is 12.6 Å². The largest absolute Gasteiger partial charge is 0.478 e. The van der Waals surface area contributed by atoms with Crippen LogP contribution >= 0.6 is 0 Å². The highest BCUT2D eigenvalue weighted by molar-refractivity contribution is 5.91. The predicted molar refractivity (Wildman–Crippen MR) is 59.5 cm³/mol. The summed E-state index contributed by atoms with van der Waals surface area (Å²) in [5.74, 6) is -0.477. The maximum Gasteiger partial charge on any atom is 0.335 e. The van der Waals surface area contributed by atoms with Gasteiger partial charge in [0.1, 0.15) is 0 Å². The van der Waals surface area contributed by atoms with E-state index in [9.17, 15) is 4.79 Å². The number of carboxylic acids is 1. The van der Waals surface area contributed by atoms with Crippen molar-refractivity contribution >= 4 is 11.7 Å². The maximum atomic E-state index is 10.9. The lowest BCUT2D eigenvalue weighted by Gasteiger charge is -2.08. The van der Waals surface area contributed by atoms with E-state index in [0.717, 1.165) is 0 Å². The summed E-state index contributed by atoms with van der Waals surface area (Å²) in [6, 6.07) is 4.58. The number of nitrogens with one attached hydrogen (secondary N) is 1. The van der Waals surface area contributed by atoms with E-state index in [-0.39, 0.29) is 5.56 Å². The topological polar surface area (TPSA) is 84.6 Å². The second-order valence-corrected chi connectivity index (χ2v) is 3.24. The molecule has 0 aliphatic heterocycles. The number of oxazole rings is 1. The molecular weight excluding hydrogens is 224 g/mol. The van der Waals surface area contributed by atoms with Crippen LogP contribution in [-0.2, 0) is 4.84 Å². The number of hydrogen-bond acceptors (Lipinski definition) is 5. The van der Waals surface area contributed by atoms with E-state index >= 15 is 0 Å². The standard InChI is InChI=1S/C11H10N2O4/c1-16-13-9-4-7(11(14)15)2-3-8(9)10-5-12-6-17-10/h2-6,13H,1H3,(H,14,15). The Morgan fingerprint density at radius 3 is 2.94 bits per heavy atom. The Labute approximate surface area is 96.8 Å². The number of aromatic carboxylic acids is 1. The van der Waals surface area contributed by atoms with Crippen molar-refractivity contribution in [3.8, 4) is 11.3 Å². The molecule has 1 heterocycles. The average molecular weight is 234 g/mol. The van der Waals surface area contributed by atoms with Crippen molar-refractivity contribution < 1.29 is 19.2 Å². The monoisotopic (exact) mass is 234 g/mol. The Kier molecular flexibility index (Phi) is 3.06. The molecule has 2 aromatic rings. The van der Waals surface area contributed by atoms with E-state index in [1.165, 1.54) is 31.8 Å². The van der Waals surface area contributed by atoms with Gasteiger partial charge in [-0.25, -0.2) is 9.78 Å². The van der Waals surface area contributed by atoms with Crippen molar-refractivity contribution in [1.29, 1.82) is 0 Å². The van der Waals surface area contributed by atoms with Crippen molar-refractivity contribution in [1.82, 2.24) is 4.98 Å². The van der Waals surface area contributed by atoms with Gasteiger partial charge < -0.3 is 9.52 Å². The minimum absolute atomic E-state index is 0.160. The molecule has 0 spiro atoms. The summed E-state index contributed by atoms with van der Waals surface area (Å²) in [5.41, 5.74) is 3.95. The van der Waals surface area contributed by atoms with Crippen molar-refractivity contribution in [2.24, 2.45) is 0 Å². The Hall–Kier alpha value is -2.34. The molecule has 0 atom stereocenters. The summed E-state index contributed by atoms with van der Waals surface area (Å²) in [7, 11) is 1.44. The van der Waals surface area contributed by atoms with Crippen molar-refractivity contribution in [3.63, 3.8) is 0 Å². The van der Waals surface area contributed by atoms with Crippen LogP contribution in [0.2, 0.25) is 0 Å². The summed E-state index contributed by atoms with van der Waals surface area (Å²) in [4.78, 5) is 19.5. The molecule has 0 unspecified atom stereocenters. The summed E-state index contributed by atoms with van der Waals surface area (Å²) >= 11 is 0.